The van der Waals surface area contributed by atoms with E-state index in [4.69, 9.17) is 6.42 Å². The largest absolute Gasteiger partial charge is 0.299 e. The van der Waals surface area contributed by atoms with Crippen LogP contribution in [0, 0.1) is 18.3 Å². The number of nitrogens with zero attached hydrogens (tertiary/aromatic N) is 1. The van der Waals surface area contributed by atoms with Gasteiger partial charge < -0.3 is 0 Å². The van der Waals surface area contributed by atoms with Gasteiger partial charge in [0.25, 0.3) is 0 Å². The van der Waals surface area contributed by atoms with Crippen molar-refractivity contribution in [2.45, 2.75) is 19.8 Å². The topological polar surface area (TPSA) is 20.3 Å². The molecule has 0 spiro atoms. The van der Waals surface area contributed by atoms with Gasteiger partial charge in [0.2, 0.25) is 0 Å². The van der Waals surface area contributed by atoms with Crippen LogP contribution in [0.25, 0.3) is 0 Å². The van der Waals surface area contributed by atoms with E-state index in [2.05, 4.69) is 10.8 Å². The van der Waals surface area contributed by atoms with Crippen LogP contribution in [0.5, 0.6) is 0 Å². The van der Waals surface area contributed by atoms with E-state index in [1.165, 1.54) is 0 Å². The monoisotopic (exact) mass is 165 g/mol. The molecule has 0 aromatic carbocycles. The number of hydrogen-bond acceptors (Lipinski definition) is 2. The van der Waals surface area contributed by atoms with Crippen molar-refractivity contribution in [3.63, 3.8) is 0 Å². The van der Waals surface area contributed by atoms with Crippen molar-refractivity contribution in [2.75, 3.05) is 19.6 Å². The quantitative estimate of drug-likeness (QED) is 0.567. The summed E-state index contributed by atoms with van der Waals surface area (Å²) in [5, 5.41) is 0. The molecule has 2 heteroatoms. The van der Waals surface area contributed by atoms with Gasteiger partial charge in [-0.25, -0.2) is 0 Å². The Balaban J connectivity index is 2.27. The third-order valence-corrected chi connectivity index (χ3v) is 2.27. The highest BCUT2D eigenvalue weighted by atomic mass is 16.1. The molecule has 1 heterocycles. The minimum atomic E-state index is 0.245. The molecule has 1 rings (SSSR count). The summed E-state index contributed by atoms with van der Waals surface area (Å²) in [6, 6.07) is 0. The fraction of sp³-hybridized carbons (Fsp3) is 0.700. The Morgan fingerprint density at radius 2 is 2.17 bits per heavy atom. The van der Waals surface area contributed by atoms with Gasteiger partial charge >= 0.3 is 0 Å². The van der Waals surface area contributed by atoms with Crippen molar-refractivity contribution in [2.24, 2.45) is 5.92 Å². The molecule has 0 N–H and O–H groups in total. The second-order valence-electron chi connectivity index (χ2n) is 3.42. The van der Waals surface area contributed by atoms with Crippen molar-refractivity contribution in [3.8, 4) is 12.3 Å². The summed E-state index contributed by atoms with van der Waals surface area (Å²) in [5.41, 5.74) is 0. The lowest BCUT2D eigenvalue weighted by Crippen LogP contribution is -2.36. The summed E-state index contributed by atoms with van der Waals surface area (Å²) in [7, 11) is 0. The summed E-state index contributed by atoms with van der Waals surface area (Å²) >= 11 is 0. The summed E-state index contributed by atoms with van der Waals surface area (Å²) in [4.78, 5) is 13.0. The van der Waals surface area contributed by atoms with Crippen LogP contribution in [0.4, 0.5) is 0 Å². The van der Waals surface area contributed by atoms with E-state index in [1.807, 2.05) is 0 Å². The third-order valence-electron chi connectivity index (χ3n) is 2.27. The average molecular weight is 165 g/mol. The molecule has 0 aromatic heterocycles. The Morgan fingerprint density at radius 1 is 1.58 bits per heavy atom. The van der Waals surface area contributed by atoms with Gasteiger partial charge in [-0.2, -0.15) is 0 Å². The third kappa shape index (κ3) is 2.67. The smallest absolute Gasteiger partial charge is 0.143 e. The van der Waals surface area contributed by atoms with Crippen LogP contribution in [0.2, 0.25) is 0 Å². The highest BCUT2D eigenvalue weighted by molar-refractivity contribution is 5.77. The number of terminal acetylenes is 1. The van der Waals surface area contributed by atoms with Gasteiger partial charge in [0.15, 0.2) is 0 Å². The van der Waals surface area contributed by atoms with Gasteiger partial charge in [-0.1, -0.05) is 0 Å². The predicted molar refractivity (Wildman–Crippen MR) is 48.7 cm³/mol. The molecule has 0 atom stereocenters. The molecule has 0 radical (unpaired) electrons. The maximum absolute atomic E-state index is 10.8. The maximum Gasteiger partial charge on any atom is 0.143 e. The first-order valence-corrected chi connectivity index (χ1v) is 4.40. The second-order valence-corrected chi connectivity index (χ2v) is 3.42. The van der Waals surface area contributed by atoms with Crippen LogP contribution in [0.15, 0.2) is 0 Å². The Labute approximate surface area is 73.9 Å². The fourth-order valence-electron chi connectivity index (χ4n) is 1.57. The van der Waals surface area contributed by atoms with Gasteiger partial charge in [-0.05, 0) is 32.9 Å². The van der Waals surface area contributed by atoms with Crippen molar-refractivity contribution >= 4 is 5.78 Å². The number of likely N-dealkylation sites (tertiary alicyclic amines) is 1. The van der Waals surface area contributed by atoms with Gasteiger partial charge in [0.05, 0.1) is 6.54 Å². The van der Waals surface area contributed by atoms with E-state index in [-0.39, 0.29) is 5.78 Å². The van der Waals surface area contributed by atoms with Crippen LogP contribution >= 0.6 is 0 Å². The number of piperidine rings is 1. The van der Waals surface area contributed by atoms with Gasteiger partial charge in [0.1, 0.15) is 5.78 Å². The minimum absolute atomic E-state index is 0.245. The molecule has 0 aromatic rings. The van der Waals surface area contributed by atoms with Gasteiger partial charge in [-0.15, -0.1) is 12.3 Å². The molecule has 2 nitrogen and oxygen atoms in total. The summed E-state index contributed by atoms with van der Waals surface area (Å²) in [6.45, 7) is 4.19. The van der Waals surface area contributed by atoms with Gasteiger partial charge in [-0.3, -0.25) is 9.69 Å². The molecule has 0 aliphatic carbocycles. The summed E-state index contributed by atoms with van der Waals surface area (Å²) < 4.78 is 0. The molecule has 66 valence electrons. The Hall–Kier alpha value is -0.810. The van der Waals surface area contributed by atoms with Crippen molar-refractivity contribution < 1.29 is 4.79 Å². The molecule has 1 aliphatic heterocycles. The van der Waals surface area contributed by atoms with Crippen molar-refractivity contribution in [1.29, 1.82) is 0 Å². The van der Waals surface area contributed by atoms with E-state index in [0.717, 1.165) is 25.9 Å². The molecule has 12 heavy (non-hydrogen) atoms. The van der Waals surface area contributed by atoms with Gasteiger partial charge in [0, 0.05) is 5.92 Å². The Morgan fingerprint density at radius 3 is 2.58 bits per heavy atom. The zero-order chi connectivity index (χ0) is 8.97. The summed E-state index contributed by atoms with van der Waals surface area (Å²) in [5.74, 6) is 3.45. The fourth-order valence-corrected chi connectivity index (χ4v) is 1.57. The molecule has 0 amide bonds. The Kier molecular flexibility index (Phi) is 3.31. The first-order chi connectivity index (χ1) is 5.72. The molecule has 1 aliphatic rings. The highest BCUT2D eigenvalue weighted by Gasteiger charge is 2.17. The van der Waals surface area contributed by atoms with E-state index in [0.29, 0.717) is 12.5 Å². The normalized spacial score (nSPS) is 20.3. The number of carbonyl (C=O) groups excluding carboxylic acids is 1. The zero-order valence-corrected chi connectivity index (χ0v) is 7.55. The average Bonchev–Trinajstić information content (AvgIpc) is 2.05. The molecular weight excluding hydrogens is 150 g/mol. The molecule has 1 fully saturated rings. The number of ketones is 1. The van der Waals surface area contributed by atoms with E-state index in [1.54, 1.807) is 6.92 Å². The van der Waals surface area contributed by atoms with Crippen LogP contribution in [-0.4, -0.2) is 30.3 Å². The van der Waals surface area contributed by atoms with E-state index in [9.17, 15) is 4.79 Å². The molecule has 1 saturated heterocycles. The lowest BCUT2D eigenvalue weighted by atomic mass is 9.98. The second kappa shape index (κ2) is 4.27. The zero-order valence-electron chi connectivity index (χ0n) is 7.55. The van der Waals surface area contributed by atoms with Crippen LogP contribution in [-0.2, 0) is 4.79 Å². The molecule has 0 saturated carbocycles. The first-order valence-electron chi connectivity index (χ1n) is 4.40. The molecule has 0 unspecified atom stereocenters. The van der Waals surface area contributed by atoms with Crippen LogP contribution < -0.4 is 0 Å². The number of rotatable bonds is 2. The maximum atomic E-state index is 10.8. The Bertz CT molecular complexity index is 196. The predicted octanol–water partition coefficient (Wildman–Crippen LogP) is 0.921. The standard InChI is InChI=1S/C10H15NO/c1-3-10-4-6-11(7-5-10)8-9(2)12/h1,10H,4-8H2,2H3. The van der Waals surface area contributed by atoms with E-state index < -0.39 is 0 Å². The molecule has 0 bridgehead atoms. The molecular formula is C10H15NO. The lowest BCUT2D eigenvalue weighted by Gasteiger charge is -2.28. The summed E-state index contributed by atoms with van der Waals surface area (Å²) in [6.07, 6.45) is 7.41. The lowest BCUT2D eigenvalue weighted by molar-refractivity contribution is -0.118. The number of carbonyl (C=O) groups is 1. The minimum Gasteiger partial charge on any atom is -0.299 e. The van der Waals surface area contributed by atoms with Crippen molar-refractivity contribution in [3.05, 3.63) is 0 Å². The van der Waals surface area contributed by atoms with Crippen LogP contribution in [0.3, 0.4) is 0 Å². The van der Waals surface area contributed by atoms with Crippen LogP contribution in [0.1, 0.15) is 19.8 Å². The number of hydrogen-bond donors (Lipinski definition) is 0. The number of Topliss-reactive ketones (excluding diaryl/α,β-unsaturated/α-hetero) is 1. The highest BCUT2D eigenvalue weighted by Crippen LogP contribution is 2.15. The SMILES string of the molecule is C#CC1CCN(CC(C)=O)CC1. The first kappa shape index (κ1) is 9.28. The van der Waals surface area contributed by atoms with Crippen molar-refractivity contribution in [1.82, 2.24) is 4.90 Å². The van der Waals surface area contributed by atoms with E-state index >= 15 is 0 Å².